The van der Waals surface area contributed by atoms with Gasteiger partial charge in [0, 0.05) is 7.05 Å². The molecule has 94 valence electrons. The van der Waals surface area contributed by atoms with E-state index in [2.05, 4.69) is 0 Å². The van der Waals surface area contributed by atoms with Gasteiger partial charge < -0.3 is 10.8 Å². The summed E-state index contributed by atoms with van der Waals surface area (Å²) in [6.07, 6.45) is 0. The molecule has 0 unspecified atom stereocenters. The highest BCUT2D eigenvalue weighted by Crippen LogP contribution is 2.24. The minimum Gasteiger partial charge on any atom is -0.477 e. The molecule has 0 aromatic carbocycles. The van der Waals surface area contributed by atoms with Crippen molar-refractivity contribution in [3.05, 3.63) is 16.3 Å². The van der Waals surface area contributed by atoms with Crippen LogP contribution in [0.5, 0.6) is 0 Å². The van der Waals surface area contributed by atoms with Gasteiger partial charge in [-0.15, -0.1) is 11.3 Å². The number of rotatable bonds is 5. The number of thiophene rings is 1. The molecule has 1 aromatic rings. The maximum Gasteiger partial charge on any atom is 0.347 e. The van der Waals surface area contributed by atoms with E-state index in [9.17, 15) is 18.0 Å². The quantitative estimate of drug-likeness (QED) is 0.756. The monoisotopic (exact) mass is 278 g/mol. The number of nitrogens with zero attached hydrogens (tertiary/aromatic N) is 1. The Hall–Kier alpha value is -1.45. The molecule has 0 radical (unpaired) electrons. The lowest BCUT2D eigenvalue weighted by Crippen LogP contribution is -2.35. The van der Waals surface area contributed by atoms with Crippen LogP contribution in [0, 0.1) is 0 Å². The molecule has 0 spiro atoms. The van der Waals surface area contributed by atoms with E-state index in [1.54, 1.807) is 0 Å². The lowest BCUT2D eigenvalue weighted by atomic mass is 10.5. The second kappa shape index (κ2) is 4.82. The molecular formula is C8H10N2O5S2. The van der Waals surface area contributed by atoms with E-state index in [0.717, 1.165) is 18.4 Å². The summed E-state index contributed by atoms with van der Waals surface area (Å²) in [6, 6.07) is 1.18. The summed E-state index contributed by atoms with van der Waals surface area (Å²) in [6.45, 7) is -0.503. The van der Waals surface area contributed by atoms with E-state index in [1.165, 1.54) is 11.4 Å². The van der Waals surface area contributed by atoms with Crippen molar-refractivity contribution in [2.24, 2.45) is 5.73 Å². The van der Waals surface area contributed by atoms with Crippen LogP contribution >= 0.6 is 11.3 Å². The summed E-state index contributed by atoms with van der Waals surface area (Å²) in [5.74, 6) is -2.14. The highest BCUT2D eigenvalue weighted by atomic mass is 32.2. The SMILES string of the molecule is CN(CC(N)=O)S(=O)(=O)c1ccsc1C(=O)O. The molecule has 0 fully saturated rings. The number of hydrogen-bond donors (Lipinski definition) is 2. The zero-order chi connectivity index (χ0) is 13.2. The summed E-state index contributed by atoms with van der Waals surface area (Å²) in [4.78, 5) is 20.8. The number of aromatic carboxylic acids is 1. The van der Waals surface area contributed by atoms with Crippen LogP contribution in [0.15, 0.2) is 16.3 Å². The van der Waals surface area contributed by atoms with Crippen molar-refractivity contribution in [1.29, 1.82) is 0 Å². The van der Waals surface area contributed by atoms with Crippen molar-refractivity contribution in [3.63, 3.8) is 0 Å². The molecule has 0 saturated carbocycles. The van der Waals surface area contributed by atoms with Crippen LogP contribution in [-0.4, -0.2) is 43.3 Å². The van der Waals surface area contributed by atoms with Crippen LogP contribution in [0.1, 0.15) is 9.67 Å². The van der Waals surface area contributed by atoms with Crippen molar-refractivity contribution in [2.75, 3.05) is 13.6 Å². The zero-order valence-corrected chi connectivity index (χ0v) is 10.4. The summed E-state index contributed by atoms with van der Waals surface area (Å²) in [5.41, 5.74) is 4.88. The van der Waals surface area contributed by atoms with Crippen molar-refractivity contribution in [1.82, 2.24) is 4.31 Å². The first-order valence-electron chi connectivity index (χ1n) is 4.32. The van der Waals surface area contributed by atoms with Gasteiger partial charge in [0.05, 0.1) is 6.54 Å². The van der Waals surface area contributed by atoms with E-state index in [4.69, 9.17) is 10.8 Å². The van der Waals surface area contributed by atoms with Crippen LogP contribution in [0.3, 0.4) is 0 Å². The van der Waals surface area contributed by atoms with Crippen molar-refractivity contribution >= 4 is 33.2 Å². The third-order valence-electron chi connectivity index (χ3n) is 1.89. The number of carbonyl (C=O) groups is 2. The fourth-order valence-electron chi connectivity index (χ4n) is 1.13. The molecule has 1 rings (SSSR count). The Balaban J connectivity index is 3.17. The number of sulfonamides is 1. The number of likely N-dealkylation sites (N-methyl/N-ethyl adjacent to an activating group) is 1. The van der Waals surface area contributed by atoms with Crippen LogP contribution in [-0.2, 0) is 14.8 Å². The Morgan fingerprint density at radius 3 is 2.59 bits per heavy atom. The first-order valence-corrected chi connectivity index (χ1v) is 6.64. The smallest absolute Gasteiger partial charge is 0.347 e. The molecular weight excluding hydrogens is 268 g/mol. The maximum atomic E-state index is 11.9. The molecule has 0 saturated heterocycles. The standard InChI is InChI=1S/C8H10N2O5S2/c1-10(4-6(9)11)17(14,15)5-2-3-16-7(5)8(12)13/h2-3H,4H2,1H3,(H2,9,11)(H,12,13). The molecule has 1 aromatic heterocycles. The second-order valence-corrected chi connectivity index (χ2v) is 6.08. The van der Waals surface area contributed by atoms with E-state index in [0.29, 0.717) is 4.31 Å². The molecule has 0 atom stereocenters. The lowest BCUT2D eigenvalue weighted by molar-refractivity contribution is -0.118. The predicted molar refractivity (Wildman–Crippen MR) is 60.3 cm³/mol. The second-order valence-electron chi connectivity index (χ2n) is 3.15. The number of amides is 1. The predicted octanol–water partition coefficient (Wildman–Crippen LogP) is -0.448. The Bertz CT molecular complexity index is 548. The lowest BCUT2D eigenvalue weighted by Gasteiger charge is -2.14. The van der Waals surface area contributed by atoms with Gasteiger partial charge in [0.1, 0.15) is 9.77 Å². The first kappa shape index (κ1) is 13.6. The van der Waals surface area contributed by atoms with Gasteiger partial charge in [0.2, 0.25) is 15.9 Å². The minimum atomic E-state index is -4.00. The van der Waals surface area contributed by atoms with Gasteiger partial charge in [-0.25, -0.2) is 13.2 Å². The Morgan fingerprint density at radius 1 is 1.53 bits per heavy atom. The zero-order valence-electron chi connectivity index (χ0n) is 8.78. The Labute approximate surface area is 102 Å². The molecule has 1 heterocycles. The van der Waals surface area contributed by atoms with Crippen molar-refractivity contribution < 1.29 is 23.1 Å². The van der Waals surface area contributed by atoms with Crippen LogP contribution < -0.4 is 5.73 Å². The van der Waals surface area contributed by atoms with E-state index in [1.807, 2.05) is 0 Å². The van der Waals surface area contributed by atoms with E-state index < -0.39 is 28.4 Å². The van der Waals surface area contributed by atoms with E-state index in [-0.39, 0.29) is 9.77 Å². The molecule has 1 amide bonds. The molecule has 0 aliphatic carbocycles. The average molecular weight is 278 g/mol. The highest BCUT2D eigenvalue weighted by molar-refractivity contribution is 7.89. The van der Waals surface area contributed by atoms with Gasteiger partial charge in [-0.2, -0.15) is 4.31 Å². The average Bonchev–Trinajstić information content (AvgIpc) is 2.64. The number of carboxylic acid groups (broad SMARTS) is 1. The fraction of sp³-hybridized carbons (Fsp3) is 0.250. The number of primary amides is 1. The van der Waals surface area contributed by atoms with Gasteiger partial charge >= 0.3 is 5.97 Å². The van der Waals surface area contributed by atoms with E-state index >= 15 is 0 Å². The number of nitrogens with two attached hydrogens (primary N) is 1. The largest absolute Gasteiger partial charge is 0.477 e. The molecule has 9 heteroatoms. The number of hydrogen-bond acceptors (Lipinski definition) is 5. The topological polar surface area (TPSA) is 118 Å². The summed E-state index contributed by atoms with van der Waals surface area (Å²) >= 11 is 0.799. The molecule has 17 heavy (non-hydrogen) atoms. The van der Waals surface area contributed by atoms with Crippen molar-refractivity contribution in [3.8, 4) is 0 Å². The number of carboxylic acids is 1. The number of carbonyl (C=O) groups excluding carboxylic acids is 1. The minimum absolute atomic E-state index is 0.290. The molecule has 0 bridgehead atoms. The normalized spacial score (nSPS) is 11.6. The third kappa shape index (κ3) is 2.81. The van der Waals surface area contributed by atoms with Crippen LogP contribution in [0.4, 0.5) is 0 Å². The third-order valence-corrected chi connectivity index (χ3v) is 4.77. The van der Waals surface area contributed by atoms with Gasteiger partial charge in [-0.05, 0) is 11.4 Å². The van der Waals surface area contributed by atoms with Crippen molar-refractivity contribution in [2.45, 2.75) is 4.90 Å². The molecule has 0 aliphatic rings. The fourth-order valence-corrected chi connectivity index (χ4v) is 3.50. The Kier molecular flexibility index (Phi) is 3.86. The summed E-state index contributed by atoms with van der Waals surface area (Å²) in [7, 11) is -2.85. The molecule has 0 aliphatic heterocycles. The van der Waals surface area contributed by atoms with Crippen LogP contribution in [0.2, 0.25) is 0 Å². The van der Waals surface area contributed by atoms with Gasteiger partial charge in [0.25, 0.3) is 0 Å². The first-order chi connectivity index (χ1) is 7.76. The van der Waals surface area contributed by atoms with Crippen LogP contribution in [0.25, 0.3) is 0 Å². The van der Waals surface area contributed by atoms with Gasteiger partial charge in [-0.1, -0.05) is 0 Å². The summed E-state index contributed by atoms with van der Waals surface area (Å²) < 4.78 is 24.5. The maximum absolute atomic E-state index is 11.9. The van der Waals surface area contributed by atoms with Gasteiger partial charge in [-0.3, -0.25) is 4.79 Å². The molecule has 3 N–H and O–H groups in total. The molecule has 7 nitrogen and oxygen atoms in total. The Morgan fingerprint density at radius 2 is 2.12 bits per heavy atom. The highest BCUT2D eigenvalue weighted by Gasteiger charge is 2.28. The summed E-state index contributed by atoms with van der Waals surface area (Å²) in [5, 5.41) is 10.2. The van der Waals surface area contributed by atoms with Gasteiger partial charge in [0.15, 0.2) is 0 Å².